The average molecular weight is 287 g/mol. The Bertz CT molecular complexity index is 460. The van der Waals surface area contributed by atoms with Gasteiger partial charge in [-0.1, -0.05) is 19.9 Å². The summed E-state index contributed by atoms with van der Waals surface area (Å²) in [6, 6.07) is 6.65. The molecular weight excluding hydrogens is 258 g/mol. The number of piperidine rings is 1. The number of aliphatic imine (C=N–C) groups is 1. The quantitative estimate of drug-likeness (QED) is 0.782. The highest BCUT2D eigenvalue weighted by Gasteiger charge is 2.16. The predicted molar refractivity (Wildman–Crippen MR) is 92.7 cm³/mol. The summed E-state index contributed by atoms with van der Waals surface area (Å²) in [5, 5.41) is 3.39. The van der Waals surface area contributed by atoms with Crippen LogP contribution in [-0.2, 0) is 6.54 Å². The Hall–Kier alpha value is -1.35. The number of hydrogen-bond acceptors (Lipinski definition) is 3. The van der Waals surface area contributed by atoms with Crippen LogP contribution < -0.4 is 5.32 Å². The summed E-state index contributed by atoms with van der Waals surface area (Å²) in [5.74, 6) is 0.891. The van der Waals surface area contributed by atoms with Gasteiger partial charge in [0.15, 0.2) is 0 Å². The highest BCUT2D eigenvalue weighted by atomic mass is 15.1. The normalized spacial score (nSPS) is 17.5. The van der Waals surface area contributed by atoms with Gasteiger partial charge in [-0.25, -0.2) is 0 Å². The Kier molecular flexibility index (Phi) is 6.24. The lowest BCUT2D eigenvalue weighted by atomic mass is 9.99. The lowest BCUT2D eigenvalue weighted by Gasteiger charge is -2.30. The molecule has 0 amide bonds. The van der Waals surface area contributed by atoms with Gasteiger partial charge in [0, 0.05) is 19.3 Å². The van der Waals surface area contributed by atoms with Crippen LogP contribution in [0.15, 0.2) is 23.2 Å². The maximum absolute atomic E-state index is 4.60. The summed E-state index contributed by atoms with van der Waals surface area (Å²) in [5.41, 5.74) is 3.58. The van der Waals surface area contributed by atoms with E-state index < -0.39 is 0 Å². The third-order valence-corrected chi connectivity index (χ3v) is 4.12. The van der Waals surface area contributed by atoms with Gasteiger partial charge in [-0.15, -0.1) is 0 Å². The van der Waals surface area contributed by atoms with Gasteiger partial charge in [-0.2, -0.15) is 0 Å². The van der Waals surface area contributed by atoms with Crippen LogP contribution in [0.4, 0.5) is 11.4 Å². The Morgan fingerprint density at radius 2 is 2.05 bits per heavy atom. The van der Waals surface area contributed by atoms with Crippen molar-refractivity contribution in [3.8, 4) is 0 Å². The fourth-order valence-electron chi connectivity index (χ4n) is 2.79. The van der Waals surface area contributed by atoms with E-state index in [1.165, 1.54) is 31.5 Å². The molecule has 0 saturated carbocycles. The molecule has 3 heteroatoms. The standard InChI is InChI=1S/C18H29N3/c1-4-10-20-18-13-16(6-7-17(18)19-5-2)14-21-11-8-15(3)9-12-21/h6-7,10,13,15,19H,4-5,8-9,11-12,14H2,1-3H3. The molecule has 0 unspecified atom stereocenters. The number of anilines is 1. The number of hydrogen-bond donors (Lipinski definition) is 1. The van der Waals surface area contributed by atoms with E-state index in [0.717, 1.165) is 36.8 Å². The molecule has 21 heavy (non-hydrogen) atoms. The van der Waals surface area contributed by atoms with Crippen LogP contribution in [0.25, 0.3) is 0 Å². The van der Waals surface area contributed by atoms with E-state index in [4.69, 9.17) is 0 Å². The molecule has 0 spiro atoms. The van der Waals surface area contributed by atoms with E-state index in [1.54, 1.807) is 0 Å². The van der Waals surface area contributed by atoms with Gasteiger partial charge in [0.1, 0.15) is 0 Å². The first-order valence-corrected chi connectivity index (χ1v) is 8.34. The van der Waals surface area contributed by atoms with Crippen molar-refractivity contribution >= 4 is 17.6 Å². The van der Waals surface area contributed by atoms with Crippen molar-refractivity contribution in [3.63, 3.8) is 0 Å². The molecule has 1 aliphatic rings. The molecule has 1 saturated heterocycles. The van der Waals surface area contributed by atoms with E-state index >= 15 is 0 Å². The molecule has 1 fully saturated rings. The van der Waals surface area contributed by atoms with Crippen molar-refractivity contribution < 1.29 is 0 Å². The minimum atomic E-state index is 0.891. The number of nitrogens with one attached hydrogen (secondary N) is 1. The molecule has 0 atom stereocenters. The SMILES string of the molecule is CCC=Nc1cc(CN2CCC(C)CC2)ccc1NCC. The molecule has 1 heterocycles. The number of nitrogens with zero attached hydrogens (tertiary/aromatic N) is 2. The summed E-state index contributed by atoms with van der Waals surface area (Å²) in [6.45, 7) is 11.0. The second-order valence-corrected chi connectivity index (χ2v) is 6.06. The largest absolute Gasteiger partial charge is 0.384 e. The summed E-state index contributed by atoms with van der Waals surface area (Å²) in [7, 11) is 0. The van der Waals surface area contributed by atoms with Gasteiger partial charge < -0.3 is 5.32 Å². The molecular formula is C18H29N3. The van der Waals surface area contributed by atoms with Crippen LogP contribution >= 0.6 is 0 Å². The van der Waals surface area contributed by atoms with Crippen LogP contribution in [0.1, 0.15) is 45.6 Å². The minimum Gasteiger partial charge on any atom is -0.384 e. The molecule has 0 radical (unpaired) electrons. The van der Waals surface area contributed by atoms with Crippen molar-refractivity contribution in [1.82, 2.24) is 4.90 Å². The average Bonchev–Trinajstić information content (AvgIpc) is 2.50. The van der Waals surface area contributed by atoms with Crippen LogP contribution in [0.2, 0.25) is 0 Å². The van der Waals surface area contributed by atoms with Crippen molar-refractivity contribution in [3.05, 3.63) is 23.8 Å². The van der Waals surface area contributed by atoms with Gasteiger partial charge in [0.05, 0.1) is 11.4 Å². The summed E-state index contributed by atoms with van der Waals surface area (Å²) < 4.78 is 0. The van der Waals surface area contributed by atoms with Gasteiger partial charge in [0.2, 0.25) is 0 Å². The zero-order chi connectivity index (χ0) is 15.1. The van der Waals surface area contributed by atoms with E-state index in [9.17, 15) is 0 Å². The van der Waals surface area contributed by atoms with E-state index in [2.05, 4.69) is 54.2 Å². The maximum atomic E-state index is 4.60. The monoisotopic (exact) mass is 287 g/mol. The van der Waals surface area contributed by atoms with Crippen molar-refractivity contribution in [2.75, 3.05) is 25.0 Å². The van der Waals surface area contributed by atoms with Crippen molar-refractivity contribution in [1.29, 1.82) is 0 Å². The minimum absolute atomic E-state index is 0.891. The van der Waals surface area contributed by atoms with Crippen LogP contribution in [0.5, 0.6) is 0 Å². The summed E-state index contributed by atoms with van der Waals surface area (Å²) in [4.78, 5) is 7.17. The summed E-state index contributed by atoms with van der Waals surface area (Å²) in [6.07, 6.45) is 5.62. The van der Waals surface area contributed by atoms with Gasteiger partial charge in [-0.3, -0.25) is 9.89 Å². The maximum Gasteiger partial charge on any atom is 0.0860 e. The molecule has 0 aromatic heterocycles. The second-order valence-electron chi connectivity index (χ2n) is 6.06. The molecule has 116 valence electrons. The van der Waals surface area contributed by atoms with E-state index in [1.807, 2.05) is 6.21 Å². The van der Waals surface area contributed by atoms with E-state index in [-0.39, 0.29) is 0 Å². The molecule has 2 rings (SSSR count). The Morgan fingerprint density at radius 3 is 2.71 bits per heavy atom. The smallest absolute Gasteiger partial charge is 0.0860 e. The molecule has 1 N–H and O–H groups in total. The second kappa shape index (κ2) is 8.18. The first-order valence-electron chi connectivity index (χ1n) is 8.34. The Balaban J connectivity index is 2.07. The van der Waals surface area contributed by atoms with Gasteiger partial charge in [-0.05, 0) is 62.9 Å². The lowest BCUT2D eigenvalue weighted by Crippen LogP contribution is -2.32. The Morgan fingerprint density at radius 1 is 1.29 bits per heavy atom. The van der Waals surface area contributed by atoms with Gasteiger partial charge in [0.25, 0.3) is 0 Å². The zero-order valence-electron chi connectivity index (χ0n) is 13.7. The molecule has 1 aromatic carbocycles. The third-order valence-electron chi connectivity index (χ3n) is 4.12. The number of benzene rings is 1. The zero-order valence-corrected chi connectivity index (χ0v) is 13.7. The lowest BCUT2D eigenvalue weighted by molar-refractivity contribution is 0.185. The van der Waals surface area contributed by atoms with Gasteiger partial charge >= 0.3 is 0 Å². The predicted octanol–water partition coefficient (Wildman–Crippen LogP) is 4.46. The van der Waals surface area contributed by atoms with Crippen LogP contribution in [0, 0.1) is 5.92 Å². The molecule has 0 aliphatic carbocycles. The fraction of sp³-hybridized carbons (Fsp3) is 0.611. The molecule has 3 nitrogen and oxygen atoms in total. The number of rotatable bonds is 6. The highest BCUT2D eigenvalue weighted by molar-refractivity contribution is 5.73. The van der Waals surface area contributed by atoms with Crippen LogP contribution in [-0.4, -0.2) is 30.7 Å². The van der Waals surface area contributed by atoms with E-state index in [0.29, 0.717) is 0 Å². The Labute approximate surface area is 129 Å². The fourth-order valence-corrected chi connectivity index (χ4v) is 2.79. The molecule has 1 aliphatic heterocycles. The molecule has 1 aromatic rings. The topological polar surface area (TPSA) is 27.6 Å². The van der Waals surface area contributed by atoms with Crippen LogP contribution in [0.3, 0.4) is 0 Å². The number of likely N-dealkylation sites (tertiary alicyclic amines) is 1. The first kappa shape index (κ1) is 16.0. The third kappa shape index (κ3) is 4.85. The first-order chi connectivity index (χ1) is 10.2. The summed E-state index contributed by atoms with van der Waals surface area (Å²) >= 11 is 0. The highest BCUT2D eigenvalue weighted by Crippen LogP contribution is 2.27. The molecule has 0 bridgehead atoms. The van der Waals surface area contributed by atoms with Crippen molar-refractivity contribution in [2.45, 2.75) is 46.6 Å². The van der Waals surface area contributed by atoms with Crippen molar-refractivity contribution in [2.24, 2.45) is 10.9 Å².